The molecule has 9 heteroatoms. The van der Waals surface area contributed by atoms with E-state index >= 15 is 0 Å². The molecule has 3 aromatic rings. The highest BCUT2D eigenvalue weighted by molar-refractivity contribution is 14.0. The Hall–Kier alpha value is -3.34. The molecule has 1 aromatic heterocycles. The highest BCUT2D eigenvalue weighted by atomic mass is 127. The number of halogens is 1. The molecule has 2 aromatic carbocycles. The fraction of sp³-hybridized carbons (Fsp3) is 0.208. The summed E-state index contributed by atoms with van der Waals surface area (Å²) in [5.41, 5.74) is 3.38. The van der Waals surface area contributed by atoms with Crippen LogP contribution >= 0.6 is 24.0 Å². The van der Waals surface area contributed by atoms with Crippen LogP contribution in [0.3, 0.4) is 0 Å². The second-order valence-corrected chi connectivity index (χ2v) is 7.01. The molecule has 0 saturated carbocycles. The van der Waals surface area contributed by atoms with E-state index in [0.717, 1.165) is 17.5 Å². The van der Waals surface area contributed by atoms with Gasteiger partial charge in [-0.15, -0.1) is 24.0 Å². The molecule has 174 valence electrons. The van der Waals surface area contributed by atoms with Gasteiger partial charge in [0, 0.05) is 38.4 Å². The summed E-state index contributed by atoms with van der Waals surface area (Å²) in [6.07, 6.45) is 2.21. The zero-order valence-electron chi connectivity index (χ0n) is 18.6. The second kappa shape index (κ2) is 13.3. The number of nitrogens with zero attached hydrogens (tertiary/aromatic N) is 1. The molecule has 0 unspecified atom stereocenters. The van der Waals surface area contributed by atoms with Crippen molar-refractivity contribution in [3.8, 4) is 0 Å². The Balaban J connectivity index is 0.00000385. The van der Waals surface area contributed by atoms with Crippen LogP contribution in [-0.2, 0) is 13.0 Å². The number of nitrogens with one attached hydrogen (secondary N) is 4. The summed E-state index contributed by atoms with van der Waals surface area (Å²) in [5.74, 6) is 0.536. The molecule has 4 N–H and O–H groups in total. The van der Waals surface area contributed by atoms with Crippen LogP contribution in [0.1, 0.15) is 32.0 Å². The average Bonchev–Trinajstić information content (AvgIpc) is 3.36. The van der Waals surface area contributed by atoms with Crippen molar-refractivity contribution in [2.75, 3.05) is 26.0 Å². The maximum absolute atomic E-state index is 12.1. The van der Waals surface area contributed by atoms with Crippen LogP contribution in [-0.4, -0.2) is 38.4 Å². The number of furan rings is 1. The Labute approximate surface area is 210 Å². The zero-order chi connectivity index (χ0) is 22.8. The van der Waals surface area contributed by atoms with Crippen LogP contribution in [0.15, 0.2) is 76.3 Å². The second-order valence-electron chi connectivity index (χ2n) is 7.01. The van der Waals surface area contributed by atoms with Gasteiger partial charge < -0.3 is 25.7 Å². The minimum Gasteiger partial charge on any atom is -0.459 e. The molecule has 0 spiro atoms. The highest BCUT2D eigenvalue weighted by Gasteiger charge is 2.09. The van der Waals surface area contributed by atoms with Gasteiger partial charge in [0.2, 0.25) is 0 Å². The van der Waals surface area contributed by atoms with Crippen molar-refractivity contribution in [1.29, 1.82) is 0 Å². The first-order valence-corrected chi connectivity index (χ1v) is 10.3. The summed E-state index contributed by atoms with van der Waals surface area (Å²) < 4.78 is 5.12. The van der Waals surface area contributed by atoms with Crippen molar-refractivity contribution >= 4 is 47.4 Å². The van der Waals surface area contributed by atoms with Gasteiger partial charge in [-0.05, 0) is 53.9 Å². The molecule has 1 heterocycles. The molecule has 3 rings (SSSR count). The summed E-state index contributed by atoms with van der Waals surface area (Å²) in [6, 6.07) is 18.4. The lowest BCUT2D eigenvalue weighted by atomic mass is 10.1. The van der Waals surface area contributed by atoms with E-state index in [1.165, 1.54) is 6.26 Å². The number of guanidine groups is 1. The lowest BCUT2D eigenvalue weighted by molar-refractivity contribution is 0.0961. The minimum absolute atomic E-state index is 0. The van der Waals surface area contributed by atoms with Crippen LogP contribution in [0.25, 0.3) is 0 Å². The summed E-state index contributed by atoms with van der Waals surface area (Å²) in [6.45, 7) is 1.20. The Kier molecular flexibility index (Phi) is 10.4. The molecule has 0 aliphatic heterocycles. The topological polar surface area (TPSA) is 108 Å². The molecule has 0 fully saturated rings. The monoisotopic (exact) mass is 561 g/mol. The fourth-order valence-corrected chi connectivity index (χ4v) is 3.10. The first-order chi connectivity index (χ1) is 15.6. The van der Waals surface area contributed by atoms with E-state index in [-0.39, 0.29) is 41.6 Å². The number of rotatable bonds is 8. The lowest BCUT2D eigenvalue weighted by Gasteiger charge is -2.13. The van der Waals surface area contributed by atoms with Crippen LogP contribution in [0.2, 0.25) is 0 Å². The highest BCUT2D eigenvalue weighted by Crippen LogP contribution is 2.13. The Morgan fingerprint density at radius 1 is 0.939 bits per heavy atom. The zero-order valence-corrected chi connectivity index (χ0v) is 20.9. The van der Waals surface area contributed by atoms with Gasteiger partial charge in [-0.1, -0.05) is 24.3 Å². The van der Waals surface area contributed by atoms with Gasteiger partial charge in [0.1, 0.15) is 0 Å². The van der Waals surface area contributed by atoms with E-state index in [2.05, 4.69) is 26.3 Å². The molecule has 0 aliphatic carbocycles. The predicted molar refractivity (Wildman–Crippen MR) is 140 cm³/mol. The van der Waals surface area contributed by atoms with Gasteiger partial charge in [0.25, 0.3) is 11.8 Å². The number of hydrogen-bond donors (Lipinski definition) is 4. The lowest BCUT2D eigenvalue weighted by Crippen LogP contribution is -2.37. The average molecular weight is 561 g/mol. The molecule has 8 nitrogen and oxygen atoms in total. The molecule has 2 amide bonds. The van der Waals surface area contributed by atoms with E-state index in [0.29, 0.717) is 30.3 Å². The van der Waals surface area contributed by atoms with Crippen molar-refractivity contribution in [2.45, 2.75) is 13.0 Å². The van der Waals surface area contributed by atoms with Crippen LogP contribution in [0.4, 0.5) is 5.69 Å². The Bertz CT molecular complexity index is 1080. The number of anilines is 1. The number of hydrogen-bond acceptors (Lipinski definition) is 4. The third kappa shape index (κ3) is 7.94. The first-order valence-electron chi connectivity index (χ1n) is 10.3. The first kappa shape index (κ1) is 25.9. The normalized spacial score (nSPS) is 10.7. The number of aliphatic imine (C=N–C) groups is 1. The minimum atomic E-state index is -0.293. The smallest absolute Gasteiger partial charge is 0.291 e. The van der Waals surface area contributed by atoms with Crippen molar-refractivity contribution in [2.24, 2.45) is 4.99 Å². The summed E-state index contributed by atoms with van der Waals surface area (Å²) >= 11 is 0. The van der Waals surface area contributed by atoms with Gasteiger partial charge in [0.15, 0.2) is 11.7 Å². The van der Waals surface area contributed by atoms with Crippen LogP contribution in [0.5, 0.6) is 0 Å². The molecule has 0 atom stereocenters. The molecule has 33 heavy (non-hydrogen) atoms. The standard InChI is InChI=1S/C24H27N5O3.HI/c1-25-22(30)19-8-3-6-17(14-19)11-12-27-24(26-2)28-16-18-7-4-9-20(15-18)29-23(31)21-10-5-13-32-21;/h3-10,13-15H,11-12,16H2,1-2H3,(H,25,30)(H,29,31)(H2,26,27,28);1H. The Morgan fingerprint density at radius 2 is 1.73 bits per heavy atom. The number of carbonyl (C=O) groups excluding carboxylic acids is 2. The maximum Gasteiger partial charge on any atom is 0.291 e. The molecular weight excluding hydrogens is 533 g/mol. The number of carbonyl (C=O) groups is 2. The van der Waals surface area contributed by atoms with Gasteiger partial charge in [-0.3, -0.25) is 14.6 Å². The van der Waals surface area contributed by atoms with Gasteiger partial charge >= 0.3 is 0 Å². The SMILES string of the molecule is CN=C(NCCc1cccc(C(=O)NC)c1)NCc1cccc(NC(=O)c2ccco2)c1.I. The van der Waals surface area contributed by atoms with Crippen molar-refractivity contribution in [3.05, 3.63) is 89.4 Å². The Morgan fingerprint density at radius 3 is 2.45 bits per heavy atom. The van der Waals surface area contributed by atoms with Crippen LogP contribution in [0, 0.1) is 0 Å². The molecule has 0 bridgehead atoms. The fourth-order valence-electron chi connectivity index (χ4n) is 3.10. The molecule has 0 saturated heterocycles. The van der Waals surface area contributed by atoms with Gasteiger partial charge in [-0.2, -0.15) is 0 Å². The molecule has 0 radical (unpaired) electrons. The predicted octanol–water partition coefficient (Wildman–Crippen LogP) is 3.42. The number of amides is 2. The molecule has 0 aliphatic rings. The van der Waals surface area contributed by atoms with Gasteiger partial charge in [-0.25, -0.2) is 0 Å². The summed E-state index contributed by atoms with van der Waals surface area (Å²) in [5, 5.41) is 12.0. The quantitative estimate of drug-likeness (QED) is 0.192. The third-order valence-corrected chi connectivity index (χ3v) is 4.74. The maximum atomic E-state index is 12.1. The van der Waals surface area contributed by atoms with Gasteiger partial charge in [0.05, 0.1) is 6.26 Å². The molecular formula is C24H28IN5O3. The number of benzene rings is 2. The van der Waals surface area contributed by atoms with E-state index in [9.17, 15) is 9.59 Å². The van der Waals surface area contributed by atoms with Crippen molar-refractivity contribution in [3.63, 3.8) is 0 Å². The van der Waals surface area contributed by atoms with Crippen molar-refractivity contribution < 1.29 is 14.0 Å². The van der Waals surface area contributed by atoms with E-state index < -0.39 is 0 Å². The third-order valence-electron chi connectivity index (χ3n) is 4.74. The van der Waals surface area contributed by atoms with Crippen LogP contribution < -0.4 is 21.3 Å². The largest absolute Gasteiger partial charge is 0.459 e. The summed E-state index contributed by atoms with van der Waals surface area (Å²) in [7, 11) is 3.33. The summed E-state index contributed by atoms with van der Waals surface area (Å²) in [4.78, 5) is 28.2. The van der Waals surface area contributed by atoms with E-state index in [1.807, 2.05) is 42.5 Å². The van der Waals surface area contributed by atoms with Crippen molar-refractivity contribution in [1.82, 2.24) is 16.0 Å². The van der Waals surface area contributed by atoms with E-state index in [4.69, 9.17) is 4.42 Å². The van der Waals surface area contributed by atoms with E-state index in [1.54, 1.807) is 32.3 Å².